The standard InChI is InChI=1S/C11H24N2O3/c1-3-5-13-6-8-16-10-9-15-7-4-11(14)12-2/h13H,3-10H2,1-2H3,(H,12,14). The molecule has 0 saturated carbocycles. The largest absolute Gasteiger partial charge is 0.379 e. The first-order chi connectivity index (χ1) is 7.81. The van der Waals surface area contributed by atoms with E-state index < -0.39 is 0 Å². The van der Waals surface area contributed by atoms with E-state index in [2.05, 4.69) is 17.6 Å². The zero-order valence-corrected chi connectivity index (χ0v) is 10.4. The summed E-state index contributed by atoms with van der Waals surface area (Å²) in [6.45, 7) is 6.34. The van der Waals surface area contributed by atoms with E-state index in [1.165, 1.54) is 0 Å². The maximum Gasteiger partial charge on any atom is 0.222 e. The number of carbonyl (C=O) groups is 1. The molecule has 0 heterocycles. The molecule has 0 saturated heterocycles. The Balaban J connectivity index is 2.96. The van der Waals surface area contributed by atoms with Gasteiger partial charge in [-0.25, -0.2) is 0 Å². The van der Waals surface area contributed by atoms with E-state index in [1.807, 2.05) is 0 Å². The van der Waals surface area contributed by atoms with Gasteiger partial charge < -0.3 is 20.1 Å². The SMILES string of the molecule is CCCNCCOCCOCCC(=O)NC. The summed E-state index contributed by atoms with van der Waals surface area (Å²) >= 11 is 0. The average molecular weight is 232 g/mol. The predicted molar refractivity (Wildman–Crippen MR) is 63.5 cm³/mol. The molecule has 0 rings (SSSR count). The van der Waals surface area contributed by atoms with E-state index in [4.69, 9.17) is 9.47 Å². The normalized spacial score (nSPS) is 10.4. The number of hydrogen-bond donors (Lipinski definition) is 2. The highest BCUT2D eigenvalue weighted by molar-refractivity contribution is 5.75. The second-order valence-electron chi connectivity index (χ2n) is 3.40. The molecule has 5 nitrogen and oxygen atoms in total. The van der Waals surface area contributed by atoms with Gasteiger partial charge in [0.2, 0.25) is 5.91 Å². The van der Waals surface area contributed by atoms with Crippen LogP contribution >= 0.6 is 0 Å². The minimum absolute atomic E-state index is 0.00434. The molecule has 0 fully saturated rings. The molecule has 0 unspecified atom stereocenters. The molecule has 0 aromatic carbocycles. The van der Waals surface area contributed by atoms with E-state index in [9.17, 15) is 4.79 Å². The van der Waals surface area contributed by atoms with E-state index in [0.717, 1.165) is 19.5 Å². The van der Waals surface area contributed by atoms with Gasteiger partial charge in [-0.15, -0.1) is 0 Å². The summed E-state index contributed by atoms with van der Waals surface area (Å²) in [5, 5.41) is 5.78. The maximum atomic E-state index is 10.8. The van der Waals surface area contributed by atoms with Gasteiger partial charge in [0.1, 0.15) is 0 Å². The number of rotatable bonds is 11. The zero-order valence-electron chi connectivity index (χ0n) is 10.4. The molecule has 0 radical (unpaired) electrons. The number of amides is 1. The minimum atomic E-state index is 0.00434. The van der Waals surface area contributed by atoms with Crippen LogP contribution in [-0.4, -0.2) is 52.5 Å². The summed E-state index contributed by atoms with van der Waals surface area (Å²) in [5.41, 5.74) is 0. The van der Waals surface area contributed by atoms with Crippen molar-refractivity contribution in [3.05, 3.63) is 0 Å². The van der Waals surface area contributed by atoms with Crippen molar-refractivity contribution in [2.45, 2.75) is 19.8 Å². The lowest BCUT2D eigenvalue weighted by Crippen LogP contribution is -2.22. The van der Waals surface area contributed by atoms with Crippen molar-refractivity contribution in [1.82, 2.24) is 10.6 Å². The Kier molecular flexibility index (Phi) is 11.9. The first kappa shape index (κ1) is 15.3. The fourth-order valence-corrected chi connectivity index (χ4v) is 1.06. The van der Waals surface area contributed by atoms with Crippen molar-refractivity contribution in [2.24, 2.45) is 0 Å². The van der Waals surface area contributed by atoms with Gasteiger partial charge in [-0.3, -0.25) is 4.79 Å². The summed E-state index contributed by atoms with van der Waals surface area (Å²) in [6.07, 6.45) is 1.55. The van der Waals surface area contributed by atoms with Gasteiger partial charge in [0, 0.05) is 20.0 Å². The second kappa shape index (κ2) is 12.4. The van der Waals surface area contributed by atoms with E-state index >= 15 is 0 Å². The summed E-state index contributed by atoms with van der Waals surface area (Å²) in [4.78, 5) is 10.8. The molecule has 0 aliphatic rings. The molecule has 0 aliphatic heterocycles. The van der Waals surface area contributed by atoms with Crippen LogP contribution in [0.3, 0.4) is 0 Å². The molecule has 96 valence electrons. The Labute approximate surface area is 97.9 Å². The molecular weight excluding hydrogens is 208 g/mol. The van der Waals surface area contributed by atoms with Gasteiger partial charge in [0.15, 0.2) is 0 Å². The van der Waals surface area contributed by atoms with Gasteiger partial charge in [-0.05, 0) is 13.0 Å². The van der Waals surface area contributed by atoms with Crippen LogP contribution in [0.4, 0.5) is 0 Å². The molecule has 0 aliphatic carbocycles. The van der Waals surface area contributed by atoms with Crippen LogP contribution in [0.2, 0.25) is 0 Å². The van der Waals surface area contributed by atoms with Crippen molar-refractivity contribution in [3.8, 4) is 0 Å². The summed E-state index contributed by atoms with van der Waals surface area (Å²) in [7, 11) is 1.62. The van der Waals surface area contributed by atoms with Crippen LogP contribution in [0.1, 0.15) is 19.8 Å². The number of hydrogen-bond acceptors (Lipinski definition) is 4. The van der Waals surface area contributed by atoms with E-state index in [-0.39, 0.29) is 5.91 Å². The van der Waals surface area contributed by atoms with Crippen molar-refractivity contribution in [2.75, 3.05) is 46.6 Å². The fourth-order valence-electron chi connectivity index (χ4n) is 1.06. The Hall–Kier alpha value is -0.650. The zero-order chi connectivity index (χ0) is 12.1. The highest BCUT2D eigenvalue weighted by atomic mass is 16.5. The van der Waals surface area contributed by atoms with Crippen LogP contribution in [0.25, 0.3) is 0 Å². The molecular formula is C11H24N2O3. The average Bonchev–Trinajstić information content (AvgIpc) is 2.31. The smallest absolute Gasteiger partial charge is 0.222 e. The van der Waals surface area contributed by atoms with Crippen LogP contribution < -0.4 is 10.6 Å². The van der Waals surface area contributed by atoms with Crippen molar-refractivity contribution in [3.63, 3.8) is 0 Å². The molecule has 0 atom stereocenters. The molecule has 16 heavy (non-hydrogen) atoms. The summed E-state index contributed by atoms with van der Waals surface area (Å²) in [5.74, 6) is 0.00434. The maximum absolute atomic E-state index is 10.8. The molecule has 0 bridgehead atoms. The van der Waals surface area contributed by atoms with Crippen LogP contribution in [0.15, 0.2) is 0 Å². The summed E-state index contributed by atoms with van der Waals surface area (Å²) < 4.78 is 10.6. The van der Waals surface area contributed by atoms with Crippen LogP contribution in [0, 0.1) is 0 Å². The molecule has 0 aromatic heterocycles. The number of nitrogens with one attached hydrogen (secondary N) is 2. The van der Waals surface area contributed by atoms with E-state index in [0.29, 0.717) is 32.8 Å². The Bertz CT molecular complexity index is 165. The Morgan fingerprint density at radius 1 is 1.06 bits per heavy atom. The highest BCUT2D eigenvalue weighted by Gasteiger charge is 1.96. The lowest BCUT2D eigenvalue weighted by molar-refractivity contribution is -0.121. The van der Waals surface area contributed by atoms with Crippen molar-refractivity contribution >= 4 is 5.91 Å². The topological polar surface area (TPSA) is 59.6 Å². The Morgan fingerprint density at radius 3 is 2.38 bits per heavy atom. The predicted octanol–water partition coefficient (Wildman–Crippen LogP) is 0.155. The minimum Gasteiger partial charge on any atom is -0.379 e. The van der Waals surface area contributed by atoms with Gasteiger partial charge in [0.05, 0.1) is 26.4 Å². The van der Waals surface area contributed by atoms with E-state index in [1.54, 1.807) is 7.05 Å². The third-order valence-corrected chi connectivity index (χ3v) is 1.97. The summed E-state index contributed by atoms with van der Waals surface area (Å²) in [6, 6.07) is 0. The molecule has 2 N–H and O–H groups in total. The van der Waals surface area contributed by atoms with Gasteiger partial charge in [0.25, 0.3) is 0 Å². The quantitative estimate of drug-likeness (QED) is 0.498. The van der Waals surface area contributed by atoms with Gasteiger partial charge >= 0.3 is 0 Å². The van der Waals surface area contributed by atoms with Crippen molar-refractivity contribution in [1.29, 1.82) is 0 Å². The molecule has 1 amide bonds. The van der Waals surface area contributed by atoms with Gasteiger partial charge in [-0.1, -0.05) is 6.92 Å². The van der Waals surface area contributed by atoms with Crippen LogP contribution in [0.5, 0.6) is 0 Å². The lowest BCUT2D eigenvalue weighted by Gasteiger charge is -2.06. The lowest BCUT2D eigenvalue weighted by atomic mass is 10.4. The third kappa shape index (κ3) is 11.4. The second-order valence-corrected chi connectivity index (χ2v) is 3.40. The monoisotopic (exact) mass is 232 g/mol. The highest BCUT2D eigenvalue weighted by Crippen LogP contribution is 1.83. The number of ether oxygens (including phenoxy) is 2. The van der Waals surface area contributed by atoms with Crippen LogP contribution in [-0.2, 0) is 14.3 Å². The first-order valence-corrected chi connectivity index (χ1v) is 5.88. The van der Waals surface area contributed by atoms with Gasteiger partial charge in [-0.2, -0.15) is 0 Å². The molecule has 0 spiro atoms. The number of carbonyl (C=O) groups excluding carboxylic acids is 1. The Morgan fingerprint density at radius 2 is 1.75 bits per heavy atom. The third-order valence-electron chi connectivity index (χ3n) is 1.97. The molecule has 5 heteroatoms. The fraction of sp³-hybridized carbons (Fsp3) is 0.909. The first-order valence-electron chi connectivity index (χ1n) is 5.88. The molecule has 0 aromatic rings. The van der Waals surface area contributed by atoms with Crippen molar-refractivity contribution < 1.29 is 14.3 Å².